The Labute approximate surface area is 148 Å². The molecule has 0 amide bonds. The molecule has 3 heterocycles. The molecule has 1 aromatic carbocycles. The van der Waals surface area contributed by atoms with Crippen molar-refractivity contribution in [3.05, 3.63) is 53.2 Å². The molecular weight excluding hydrogens is 336 g/mol. The van der Waals surface area contributed by atoms with Crippen LogP contribution in [0.15, 0.2) is 47.7 Å². The summed E-state index contributed by atoms with van der Waals surface area (Å²) in [6.07, 6.45) is 7.04. The van der Waals surface area contributed by atoms with E-state index >= 15 is 0 Å². The van der Waals surface area contributed by atoms with Crippen LogP contribution in [-0.4, -0.2) is 28.4 Å². The molecule has 6 nitrogen and oxygen atoms in total. The van der Waals surface area contributed by atoms with E-state index in [-0.39, 0.29) is 5.88 Å². The number of methoxy groups -OCH3 is 1. The summed E-state index contributed by atoms with van der Waals surface area (Å²) >= 11 is 1.36. The topological polar surface area (TPSA) is 79.6 Å². The van der Waals surface area contributed by atoms with Gasteiger partial charge in [0.15, 0.2) is 5.13 Å². The molecule has 25 heavy (non-hydrogen) atoms. The van der Waals surface area contributed by atoms with Gasteiger partial charge in [0, 0.05) is 23.5 Å². The highest BCUT2D eigenvalue weighted by molar-refractivity contribution is 7.16. The molecule has 0 atom stereocenters. The van der Waals surface area contributed by atoms with E-state index in [4.69, 9.17) is 4.74 Å². The molecule has 2 aromatic heterocycles. The Balaban J connectivity index is 1.64. The zero-order chi connectivity index (χ0) is 17.2. The Kier molecular flexibility index (Phi) is 3.91. The number of allylic oxidation sites excluding steroid dienone is 1. The van der Waals surface area contributed by atoms with E-state index in [1.807, 2.05) is 36.4 Å². The lowest BCUT2D eigenvalue weighted by atomic mass is 10.1. The first kappa shape index (κ1) is 15.3. The van der Waals surface area contributed by atoms with Crippen molar-refractivity contribution >= 4 is 45.7 Å². The zero-order valence-electron chi connectivity index (χ0n) is 13.3. The molecule has 124 valence electrons. The first-order valence-corrected chi connectivity index (χ1v) is 8.35. The van der Waals surface area contributed by atoms with E-state index in [2.05, 4.69) is 20.3 Å². The highest BCUT2D eigenvalue weighted by atomic mass is 32.1. The van der Waals surface area contributed by atoms with Crippen LogP contribution < -0.4 is 10.1 Å². The summed E-state index contributed by atoms with van der Waals surface area (Å²) < 4.78 is 5.27. The smallest absolute Gasteiger partial charge is 0.231 e. The number of nitrogens with one attached hydrogen (secondary N) is 1. The predicted molar refractivity (Wildman–Crippen MR) is 100 cm³/mol. The SMILES string of the molecule is COc1ccc2c(c1)/C(=C\c1sc(Nc3cccnc3)nc1O)C=N2. The van der Waals surface area contributed by atoms with Crippen molar-refractivity contribution in [2.75, 3.05) is 12.4 Å². The number of rotatable bonds is 4. The lowest BCUT2D eigenvalue weighted by Crippen LogP contribution is -1.88. The van der Waals surface area contributed by atoms with Crippen molar-refractivity contribution in [3.8, 4) is 11.6 Å². The van der Waals surface area contributed by atoms with Gasteiger partial charge in [-0.15, -0.1) is 0 Å². The van der Waals surface area contributed by atoms with Crippen LogP contribution in [0.3, 0.4) is 0 Å². The maximum absolute atomic E-state index is 10.1. The number of anilines is 2. The molecule has 0 spiro atoms. The molecule has 0 fully saturated rings. The second-order valence-electron chi connectivity index (χ2n) is 5.31. The Morgan fingerprint density at radius 3 is 3.00 bits per heavy atom. The quantitative estimate of drug-likeness (QED) is 0.735. The number of hydrogen-bond acceptors (Lipinski definition) is 7. The predicted octanol–water partition coefficient (Wildman–Crippen LogP) is 4.25. The summed E-state index contributed by atoms with van der Waals surface area (Å²) in [5.74, 6) is 0.747. The molecule has 0 bridgehead atoms. The van der Waals surface area contributed by atoms with E-state index < -0.39 is 0 Å². The van der Waals surface area contributed by atoms with Gasteiger partial charge in [-0.1, -0.05) is 11.3 Å². The van der Waals surface area contributed by atoms with Crippen LogP contribution in [0, 0.1) is 0 Å². The highest BCUT2D eigenvalue weighted by Crippen LogP contribution is 2.38. The molecule has 0 aliphatic carbocycles. The van der Waals surface area contributed by atoms with Crippen molar-refractivity contribution in [2.45, 2.75) is 0 Å². The molecule has 7 heteroatoms. The fourth-order valence-corrected chi connectivity index (χ4v) is 3.31. The van der Waals surface area contributed by atoms with Gasteiger partial charge >= 0.3 is 0 Å². The fraction of sp³-hybridized carbons (Fsp3) is 0.0556. The summed E-state index contributed by atoms with van der Waals surface area (Å²) in [7, 11) is 1.63. The van der Waals surface area contributed by atoms with E-state index in [9.17, 15) is 5.11 Å². The van der Waals surface area contributed by atoms with Gasteiger partial charge in [0.2, 0.25) is 5.88 Å². The van der Waals surface area contributed by atoms with E-state index in [1.165, 1.54) is 11.3 Å². The average molecular weight is 350 g/mol. The summed E-state index contributed by atoms with van der Waals surface area (Å²) in [5, 5.41) is 13.9. The van der Waals surface area contributed by atoms with Crippen LogP contribution in [0.1, 0.15) is 10.4 Å². The Morgan fingerprint density at radius 1 is 1.28 bits per heavy atom. The number of benzene rings is 1. The second kappa shape index (κ2) is 6.37. The molecule has 2 N–H and O–H groups in total. The molecule has 3 aromatic rings. The first-order chi connectivity index (χ1) is 12.2. The number of aromatic hydroxyl groups is 1. The number of thiazole rings is 1. The summed E-state index contributed by atoms with van der Waals surface area (Å²) in [5.41, 5.74) is 3.56. The van der Waals surface area contributed by atoms with Gasteiger partial charge in [-0.3, -0.25) is 9.98 Å². The Morgan fingerprint density at radius 2 is 2.20 bits per heavy atom. The maximum atomic E-state index is 10.1. The van der Waals surface area contributed by atoms with Crippen LogP contribution in [0.5, 0.6) is 11.6 Å². The minimum Gasteiger partial charge on any atom is -0.497 e. The number of pyridine rings is 1. The molecule has 0 unspecified atom stereocenters. The number of hydrogen-bond donors (Lipinski definition) is 2. The van der Waals surface area contributed by atoms with Gasteiger partial charge < -0.3 is 15.2 Å². The molecule has 4 rings (SSSR count). The zero-order valence-corrected chi connectivity index (χ0v) is 14.1. The van der Waals surface area contributed by atoms with Crippen molar-refractivity contribution in [1.82, 2.24) is 9.97 Å². The van der Waals surface area contributed by atoms with Gasteiger partial charge in [0.1, 0.15) is 5.75 Å². The first-order valence-electron chi connectivity index (χ1n) is 7.54. The molecular formula is C18H14N4O2S. The Hall–Kier alpha value is -3.19. The minimum atomic E-state index is -0.0198. The number of ether oxygens (including phenoxy) is 1. The third-order valence-corrected chi connectivity index (χ3v) is 4.60. The molecule has 0 saturated carbocycles. The van der Waals surface area contributed by atoms with Gasteiger partial charge in [-0.05, 0) is 36.4 Å². The summed E-state index contributed by atoms with van der Waals surface area (Å²) in [6.45, 7) is 0. The number of aliphatic imine (C=N–C) groups is 1. The molecule has 1 aliphatic heterocycles. The van der Waals surface area contributed by atoms with Gasteiger partial charge in [-0.2, -0.15) is 4.98 Å². The van der Waals surface area contributed by atoms with Crippen LogP contribution in [0.25, 0.3) is 11.6 Å². The van der Waals surface area contributed by atoms with Crippen LogP contribution in [0.2, 0.25) is 0 Å². The van der Waals surface area contributed by atoms with Gasteiger partial charge in [0.05, 0.1) is 29.6 Å². The van der Waals surface area contributed by atoms with Crippen molar-refractivity contribution in [2.24, 2.45) is 4.99 Å². The lowest BCUT2D eigenvalue weighted by Gasteiger charge is -2.03. The minimum absolute atomic E-state index is 0.0198. The number of aromatic nitrogens is 2. The van der Waals surface area contributed by atoms with Crippen LogP contribution in [-0.2, 0) is 0 Å². The average Bonchev–Trinajstić information content (AvgIpc) is 3.19. The number of nitrogens with zero attached hydrogens (tertiary/aromatic N) is 3. The monoisotopic (exact) mass is 350 g/mol. The summed E-state index contributed by atoms with van der Waals surface area (Å²) in [4.78, 5) is 13.2. The van der Waals surface area contributed by atoms with E-state index in [0.717, 1.165) is 28.3 Å². The lowest BCUT2D eigenvalue weighted by molar-refractivity contribution is 0.415. The normalized spacial score (nSPS) is 13.9. The molecule has 1 aliphatic rings. The fourth-order valence-electron chi connectivity index (χ4n) is 2.48. The van der Waals surface area contributed by atoms with Crippen LogP contribution >= 0.6 is 11.3 Å². The second-order valence-corrected chi connectivity index (χ2v) is 6.35. The molecule has 0 radical (unpaired) electrons. The van der Waals surface area contributed by atoms with Gasteiger partial charge in [-0.25, -0.2) is 0 Å². The van der Waals surface area contributed by atoms with Crippen molar-refractivity contribution < 1.29 is 9.84 Å². The third-order valence-electron chi connectivity index (χ3n) is 3.69. The highest BCUT2D eigenvalue weighted by Gasteiger charge is 2.16. The standard InChI is InChI=1S/C18H14N4O2S/c1-24-13-4-5-15-14(8-13)11(9-20-15)7-16-17(23)22-18(25-16)21-12-3-2-6-19-10-12/h2-10,23H,1H3,(H,21,22)/b11-7-. The van der Waals surface area contributed by atoms with Crippen LogP contribution in [0.4, 0.5) is 16.5 Å². The largest absolute Gasteiger partial charge is 0.497 e. The van der Waals surface area contributed by atoms with E-state index in [1.54, 1.807) is 25.7 Å². The number of fused-ring (bicyclic) bond motifs is 1. The van der Waals surface area contributed by atoms with E-state index in [0.29, 0.717) is 10.0 Å². The van der Waals surface area contributed by atoms with Gasteiger partial charge in [0.25, 0.3) is 0 Å². The molecule has 0 saturated heterocycles. The maximum Gasteiger partial charge on any atom is 0.231 e. The summed E-state index contributed by atoms with van der Waals surface area (Å²) in [6, 6.07) is 9.43. The Bertz CT molecular complexity index is 980. The van der Waals surface area contributed by atoms with Crippen molar-refractivity contribution in [3.63, 3.8) is 0 Å². The van der Waals surface area contributed by atoms with Crippen molar-refractivity contribution in [1.29, 1.82) is 0 Å². The third kappa shape index (κ3) is 3.09.